The van der Waals surface area contributed by atoms with Crippen LogP contribution in [0.1, 0.15) is 27.0 Å². The van der Waals surface area contributed by atoms with Gasteiger partial charge in [0.2, 0.25) is 0 Å². The van der Waals surface area contributed by atoms with E-state index in [0.29, 0.717) is 18.8 Å². The number of rotatable bonds is 3. The summed E-state index contributed by atoms with van der Waals surface area (Å²) in [6, 6.07) is 9.41. The molecule has 0 atom stereocenters. The molecule has 0 bridgehead atoms. The van der Waals surface area contributed by atoms with Crippen LogP contribution in [0.4, 0.5) is 5.69 Å². The molecule has 0 spiro atoms. The number of aryl methyl sites for hydroxylation is 2. The highest BCUT2D eigenvalue weighted by Crippen LogP contribution is 2.28. The first-order valence-corrected chi connectivity index (χ1v) is 8.83. The second kappa shape index (κ2) is 6.62. The van der Waals surface area contributed by atoms with Crippen molar-refractivity contribution in [3.63, 3.8) is 0 Å². The van der Waals surface area contributed by atoms with E-state index in [1.807, 2.05) is 29.2 Å². The average Bonchev–Trinajstić information content (AvgIpc) is 2.96. The molecule has 0 radical (unpaired) electrons. The number of nitrogens with zero attached hydrogens (tertiary/aromatic N) is 2. The summed E-state index contributed by atoms with van der Waals surface area (Å²) in [5, 5.41) is 9.96. The summed E-state index contributed by atoms with van der Waals surface area (Å²) in [7, 11) is 0. The van der Waals surface area contributed by atoms with E-state index in [9.17, 15) is 9.90 Å². The van der Waals surface area contributed by atoms with Crippen molar-refractivity contribution in [3.8, 4) is 5.75 Å². The monoisotopic (exact) mass is 330 g/mol. The summed E-state index contributed by atoms with van der Waals surface area (Å²) in [4.78, 5) is 18.8. The molecular weight excluding hydrogens is 308 g/mol. The van der Waals surface area contributed by atoms with Crippen molar-refractivity contribution >= 4 is 22.9 Å². The molecule has 2 aromatic rings. The number of hydrogen-bond donors (Lipinski definition) is 1. The summed E-state index contributed by atoms with van der Waals surface area (Å²) in [5.41, 5.74) is 2.12. The maximum Gasteiger partial charge on any atom is 0.264 e. The van der Waals surface area contributed by atoms with Crippen LogP contribution in [0.25, 0.3) is 0 Å². The third-order valence-corrected chi connectivity index (χ3v) is 5.48. The van der Waals surface area contributed by atoms with Crippen molar-refractivity contribution in [2.24, 2.45) is 0 Å². The zero-order valence-corrected chi connectivity index (χ0v) is 14.4. The van der Waals surface area contributed by atoms with Crippen LogP contribution in [0, 0.1) is 6.92 Å². The topological polar surface area (TPSA) is 43.8 Å². The summed E-state index contributed by atoms with van der Waals surface area (Å²) < 4.78 is 0. The summed E-state index contributed by atoms with van der Waals surface area (Å²) in [6.07, 6.45) is 0.969. The molecule has 4 nitrogen and oxygen atoms in total. The number of benzene rings is 1. The number of aromatic hydroxyl groups is 1. The first kappa shape index (κ1) is 15.9. The summed E-state index contributed by atoms with van der Waals surface area (Å²) >= 11 is 1.60. The van der Waals surface area contributed by atoms with Gasteiger partial charge in [-0.3, -0.25) is 4.79 Å². The van der Waals surface area contributed by atoms with E-state index in [1.165, 1.54) is 10.4 Å². The molecule has 2 heterocycles. The molecule has 5 heteroatoms. The van der Waals surface area contributed by atoms with Gasteiger partial charge in [-0.15, -0.1) is 11.3 Å². The van der Waals surface area contributed by atoms with E-state index >= 15 is 0 Å². The number of phenols is 1. The van der Waals surface area contributed by atoms with Crippen molar-refractivity contribution < 1.29 is 9.90 Å². The van der Waals surface area contributed by atoms with E-state index in [-0.39, 0.29) is 5.91 Å². The maximum atomic E-state index is 12.7. The van der Waals surface area contributed by atoms with Crippen LogP contribution in [0.15, 0.2) is 30.3 Å². The predicted octanol–water partition coefficient (Wildman–Crippen LogP) is 3.29. The van der Waals surface area contributed by atoms with Gasteiger partial charge in [-0.2, -0.15) is 0 Å². The fourth-order valence-corrected chi connectivity index (χ4v) is 4.10. The Morgan fingerprint density at radius 2 is 1.91 bits per heavy atom. The van der Waals surface area contributed by atoms with Gasteiger partial charge in [0.25, 0.3) is 5.91 Å². The highest BCUT2D eigenvalue weighted by molar-refractivity contribution is 7.14. The van der Waals surface area contributed by atoms with Crippen LogP contribution in [0.2, 0.25) is 0 Å². The molecular formula is C18H22N2O2S. The Hall–Kier alpha value is -2.01. The standard InChI is InChI=1S/C18H22N2O2S/c1-3-14-12-17(23-13(14)2)18(22)20-10-8-19(9-11-20)15-6-4-5-7-16(15)21/h4-7,12,21H,3,8-11H2,1-2H3. The lowest BCUT2D eigenvalue weighted by Crippen LogP contribution is -2.48. The lowest BCUT2D eigenvalue weighted by molar-refractivity contribution is 0.0751. The molecule has 23 heavy (non-hydrogen) atoms. The molecule has 1 aromatic carbocycles. The minimum absolute atomic E-state index is 0.134. The Bertz CT molecular complexity index is 703. The first-order valence-electron chi connectivity index (χ1n) is 8.01. The number of piperazine rings is 1. The number of anilines is 1. The third-order valence-electron chi connectivity index (χ3n) is 4.40. The molecule has 0 unspecified atom stereocenters. The molecule has 1 aliphatic heterocycles. The molecule has 1 saturated heterocycles. The van der Waals surface area contributed by atoms with Crippen LogP contribution in [-0.2, 0) is 6.42 Å². The van der Waals surface area contributed by atoms with Gasteiger partial charge in [0.05, 0.1) is 10.6 Å². The average molecular weight is 330 g/mol. The number of para-hydroxylation sites is 2. The van der Waals surface area contributed by atoms with Crippen molar-refractivity contribution in [1.29, 1.82) is 0 Å². The lowest BCUT2D eigenvalue weighted by atomic mass is 10.2. The van der Waals surface area contributed by atoms with Crippen LogP contribution < -0.4 is 4.90 Å². The van der Waals surface area contributed by atoms with Crippen molar-refractivity contribution in [2.75, 3.05) is 31.1 Å². The summed E-state index contributed by atoms with van der Waals surface area (Å²) in [5.74, 6) is 0.434. The van der Waals surface area contributed by atoms with E-state index in [2.05, 4.69) is 18.7 Å². The minimum Gasteiger partial charge on any atom is -0.506 e. The fraction of sp³-hybridized carbons (Fsp3) is 0.389. The van der Waals surface area contributed by atoms with Gasteiger partial charge >= 0.3 is 0 Å². The smallest absolute Gasteiger partial charge is 0.264 e. The first-order chi connectivity index (χ1) is 11.1. The quantitative estimate of drug-likeness (QED) is 0.939. The molecule has 1 aliphatic rings. The van der Waals surface area contributed by atoms with E-state index in [0.717, 1.165) is 30.1 Å². The SMILES string of the molecule is CCc1cc(C(=O)N2CCN(c3ccccc3O)CC2)sc1C. The van der Waals surface area contributed by atoms with Gasteiger partial charge in [-0.25, -0.2) is 0 Å². The van der Waals surface area contributed by atoms with Crippen LogP contribution in [-0.4, -0.2) is 42.1 Å². The number of thiophene rings is 1. The van der Waals surface area contributed by atoms with Gasteiger partial charge < -0.3 is 14.9 Å². The largest absolute Gasteiger partial charge is 0.506 e. The third kappa shape index (κ3) is 3.20. The van der Waals surface area contributed by atoms with E-state index in [4.69, 9.17) is 0 Å². The second-order valence-electron chi connectivity index (χ2n) is 5.81. The molecule has 122 valence electrons. The molecule has 1 aromatic heterocycles. The Morgan fingerprint density at radius 3 is 2.52 bits per heavy atom. The summed E-state index contributed by atoms with van der Waals surface area (Å²) in [6.45, 7) is 7.06. The molecule has 1 N–H and O–H groups in total. The van der Waals surface area contributed by atoms with Gasteiger partial charge in [-0.05, 0) is 37.1 Å². The van der Waals surface area contributed by atoms with Gasteiger partial charge in [0.1, 0.15) is 5.75 Å². The molecule has 3 rings (SSSR count). The molecule has 1 fully saturated rings. The Labute approximate surface area is 141 Å². The van der Waals surface area contributed by atoms with Gasteiger partial charge in [0, 0.05) is 31.1 Å². The van der Waals surface area contributed by atoms with Crippen LogP contribution in [0.3, 0.4) is 0 Å². The fourth-order valence-electron chi connectivity index (χ4n) is 3.01. The van der Waals surface area contributed by atoms with Gasteiger partial charge in [0.15, 0.2) is 0 Å². The molecule has 0 saturated carbocycles. The Morgan fingerprint density at radius 1 is 1.22 bits per heavy atom. The number of phenolic OH excluding ortho intramolecular Hbond substituents is 1. The van der Waals surface area contributed by atoms with Crippen LogP contribution in [0.5, 0.6) is 5.75 Å². The van der Waals surface area contributed by atoms with E-state index in [1.54, 1.807) is 17.4 Å². The van der Waals surface area contributed by atoms with E-state index < -0.39 is 0 Å². The number of carbonyl (C=O) groups is 1. The number of amides is 1. The highest BCUT2D eigenvalue weighted by atomic mass is 32.1. The normalized spacial score (nSPS) is 15.0. The zero-order chi connectivity index (χ0) is 16.4. The maximum absolute atomic E-state index is 12.7. The van der Waals surface area contributed by atoms with Crippen molar-refractivity contribution in [3.05, 3.63) is 45.6 Å². The molecule has 1 amide bonds. The predicted molar refractivity (Wildman–Crippen MR) is 94.7 cm³/mol. The Balaban J connectivity index is 1.66. The molecule has 0 aliphatic carbocycles. The number of carbonyl (C=O) groups excluding carboxylic acids is 1. The van der Waals surface area contributed by atoms with Gasteiger partial charge in [-0.1, -0.05) is 19.1 Å². The lowest BCUT2D eigenvalue weighted by Gasteiger charge is -2.36. The minimum atomic E-state index is 0.134. The Kier molecular flexibility index (Phi) is 4.57. The van der Waals surface area contributed by atoms with Crippen LogP contribution >= 0.6 is 11.3 Å². The van der Waals surface area contributed by atoms with Crippen molar-refractivity contribution in [1.82, 2.24) is 4.90 Å². The van der Waals surface area contributed by atoms with Crippen molar-refractivity contribution in [2.45, 2.75) is 20.3 Å². The number of hydrogen-bond acceptors (Lipinski definition) is 4. The second-order valence-corrected chi connectivity index (χ2v) is 7.07. The highest BCUT2D eigenvalue weighted by Gasteiger charge is 2.24. The zero-order valence-electron chi connectivity index (χ0n) is 13.6.